The molecule has 122 valence electrons. The first kappa shape index (κ1) is 16.7. The third-order valence-electron chi connectivity index (χ3n) is 3.77. The highest BCUT2D eigenvalue weighted by atomic mass is 79.9. The average Bonchev–Trinajstić information content (AvgIpc) is 3.03. The van der Waals surface area contributed by atoms with E-state index in [4.69, 9.17) is 4.42 Å². The van der Waals surface area contributed by atoms with E-state index < -0.39 is 0 Å². The van der Waals surface area contributed by atoms with Crippen LogP contribution in [0.25, 0.3) is 12.2 Å². The van der Waals surface area contributed by atoms with E-state index >= 15 is 0 Å². The SMILES string of the molecule is CC(C)c1ccc(/C=C/c2nnc(Cc3ccc(Br)cc3)o2)cc1. The first-order valence-corrected chi connectivity index (χ1v) is 8.74. The maximum atomic E-state index is 5.68. The van der Waals surface area contributed by atoms with Gasteiger partial charge in [-0.3, -0.25) is 0 Å². The lowest BCUT2D eigenvalue weighted by Crippen LogP contribution is -1.87. The molecule has 4 heteroatoms. The summed E-state index contributed by atoms with van der Waals surface area (Å²) in [4.78, 5) is 0. The lowest BCUT2D eigenvalue weighted by Gasteiger charge is -2.04. The highest BCUT2D eigenvalue weighted by molar-refractivity contribution is 9.10. The van der Waals surface area contributed by atoms with Crippen LogP contribution in [-0.2, 0) is 6.42 Å². The zero-order chi connectivity index (χ0) is 16.9. The molecule has 3 rings (SSSR count). The van der Waals surface area contributed by atoms with Crippen LogP contribution in [0.2, 0.25) is 0 Å². The molecule has 0 aliphatic carbocycles. The standard InChI is InChI=1S/C20H19BrN2O/c1-14(2)17-8-3-15(4-9-17)7-12-19-22-23-20(24-19)13-16-5-10-18(21)11-6-16/h3-12,14H,13H2,1-2H3/b12-7+. The van der Waals surface area contributed by atoms with Crippen molar-refractivity contribution in [2.75, 3.05) is 0 Å². The van der Waals surface area contributed by atoms with Crippen molar-refractivity contribution < 1.29 is 4.42 Å². The quantitative estimate of drug-likeness (QED) is 0.566. The van der Waals surface area contributed by atoms with Gasteiger partial charge in [0.2, 0.25) is 11.8 Å². The Kier molecular flexibility index (Phi) is 5.26. The van der Waals surface area contributed by atoms with E-state index in [9.17, 15) is 0 Å². The van der Waals surface area contributed by atoms with Gasteiger partial charge in [-0.15, -0.1) is 10.2 Å². The van der Waals surface area contributed by atoms with Crippen LogP contribution in [0.4, 0.5) is 0 Å². The van der Waals surface area contributed by atoms with E-state index in [0.717, 1.165) is 15.6 Å². The van der Waals surface area contributed by atoms with Crippen molar-refractivity contribution in [1.29, 1.82) is 0 Å². The molecule has 3 aromatic rings. The number of benzene rings is 2. The molecule has 0 unspecified atom stereocenters. The summed E-state index contributed by atoms with van der Waals surface area (Å²) >= 11 is 3.43. The summed E-state index contributed by atoms with van der Waals surface area (Å²) in [5.41, 5.74) is 3.59. The molecule has 0 aliphatic heterocycles. The van der Waals surface area contributed by atoms with Gasteiger partial charge in [0.05, 0.1) is 6.42 Å². The first-order valence-electron chi connectivity index (χ1n) is 7.95. The van der Waals surface area contributed by atoms with Gasteiger partial charge >= 0.3 is 0 Å². The summed E-state index contributed by atoms with van der Waals surface area (Å²) in [5.74, 6) is 1.68. The number of halogens is 1. The monoisotopic (exact) mass is 382 g/mol. The lowest BCUT2D eigenvalue weighted by atomic mass is 10.0. The van der Waals surface area contributed by atoms with Crippen LogP contribution < -0.4 is 0 Å². The molecule has 1 aromatic heterocycles. The van der Waals surface area contributed by atoms with Crippen LogP contribution in [0.3, 0.4) is 0 Å². The molecule has 0 aliphatic rings. The Morgan fingerprint density at radius 2 is 1.67 bits per heavy atom. The van der Waals surface area contributed by atoms with Gasteiger partial charge in [0.15, 0.2) is 0 Å². The van der Waals surface area contributed by atoms with E-state index in [2.05, 4.69) is 64.2 Å². The molecule has 0 fully saturated rings. The molecule has 0 saturated heterocycles. The predicted molar refractivity (Wildman–Crippen MR) is 101 cm³/mol. The van der Waals surface area contributed by atoms with Gasteiger partial charge in [-0.05, 0) is 40.8 Å². The van der Waals surface area contributed by atoms with Crippen molar-refractivity contribution in [3.8, 4) is 0 Å². The number of aromatic nitrogens is 2. The Labute approximate surface area is 150 Å². The zero-order valence-corrected chi connectivity index (χ0v) is 15.3. The van der Waals surface area contributed by atoms with Gasteiger partial charge in [0, 0.05) is 10.5 Å². The Bertz CT molecular complexity index is 818. The number of hydrogen-bond acceptors (Lipinski definition) is 3. The smallest absolute Gasteiger partial charge is 0.240 e. The molecule has 0 radical (unpaired) electrons. The predicted octanol–water partition coefficient (Wildman–Crippen LogP) is 5.72. The third-order valence-corrected chi connectivity index (χ3v) is 4.30. The average molecular weight is 383 g/mol. The van der Waals surface area contributed by atoms with Crippen molar-refractivity contribution in [3.63, 3.8) is 0 Å². The van der Waals surface area contributed by atoms with E-state index in [0.29, 0.717) is 24.1 Å². The summed E-state index contributed by atoms with van der Waals surface area (Å²) in [5, 5.41) is 8.18. The summed E-state index contributed by atoms with van der Waals surface area (Å²) in [6, 6.07) is 16.6. The van der Waals surface area contributed by atoms with Gasteiger partial charge in [0.1, 0.15) is 0 Å². The largest absolute Gasteiger partial charge is 0.421 e. The van der Waals surface area contributed by atoms with Crippen LogP contribution in [0.1, 0.15) is 48.2 Å². The maximum Gasteiger partial charge on any atom is 0.240 e. The number of rotatable bonds is 5. The molecule has 0 spiro atoms. The second-order valence-electron chi connectivity index (χ2n) is 5.99. The highest BCUT2D eigenvalue weighted by Gasteiger charge is 2.05. The topological polar surface area (TPSA) is 38.9 Å². The van der Waals surface area contributed by atoms with E-state index in [-0.39, 0.29) is 0 Å². The fourth-order valence-electron chi connectivity index (χ4n) is 2.34. The van der Waals surface area contributed by atoms with Crippen molar-refractivity contribution in [2.45, 2.75) is 26.2 Å². The summed E-state index contributed by atoms with van der Waals surface area (Å²) < 4.78 is 6.74. The van der Waals surface area contributed by atoms with Crippen LogP contribution in [0.5, 0.6) is 0 Å². The molecular formula is C20H19BrN2O. The van der Waals surface area contributed by atoms with Crippen molar-refractivity contribution in [2.24, 2.45) is 0 Å². The minimum Gasteiger partial charge on any atom is -0.421 e. The molecule has 0 amide bonds. The number of nitrogens with zero attached hydrogens (tertiary/aromatic N) is 2. The first-order chi connectivity index (χ1) is 11.6. The second-order valence-corrected chi connectivity index (χ2v) is 6.91. The molecule has 2 aromatic carbocycles. The molecule has 0 bridgehead atoms. The van der Waals surface area contributed by atoms with Crippen molar-refractivity contribution in [3.05, 3.63) is 81.5 Å². The lowest BCUT2D eigenvalue weighted by molar-refractivity contribution is 0.496. The molecule has 24 heavy (non-hydrogen) atoms. The molecule has 0 N–H and O–H groups in total. The van der Waals surface area contributed by atoms with Crippen LogP contribution in [0, 0.1) is 0 Å². The normalized spacial score (nSPS) is 11.5. The molecular weight excluding hydrogens is 364 g/mol. The molecule has 0 saturated carbocycles. The van der Waals surface area contributed by atoms with Crippen LogP contribution in [-0.4, -0.2) is 10.2 Å². The zero-order valence-electron chi connectivity index (χ0n) is 13.7. The van der Waals surface area contributed by atoms with Gasteiger partial charge in [-0.25, -0.2) is 0 Å². The van der Waals surface area contributed by atoms with Crippen molar-refractivity contribution >= 4 is 28.1 Å². The number of hydrogen-bond donors (Lipinski definition) is 0. The van der Waals surface area contributed by atoms with Crippen LogP contribution in [0.15, 0.2) is 57.4 Å². The Morgan fingerprint density at radius 3 is 2.33 bits per heavy atom. The van der Waals surface area contributed by atoms with Gasteiger partial charge in [-0.1, -0.05) is 66.2 Å². The minimum absolute atomic E-state index is 0.523. The minimum atomic E-state index is 0.523. The van der Waals surface area contributed by atoms with E-state index in [1.807, 2.05) is 36.4 Å². The Hall–Kier alpha value is -2.20. The van der Waals surface area contributed by atoms with Crippen LogP contribution >= 0.6 is 15.9 Å². The molecule has 1 heterocycles. The summed E-state index contributed by atoms with van der Waals surface area (Å²) in [6.45, 7) is 4.38. The van der Waals surface area contributed by atoms with Gasteiger partial charge in [-0.2, -0.15) is 0 Å². The Balaban J connectivity index is 1.65. The van der Waals surface area contributed by atoms with E-state index in [1.54, 1.807) is 0 Å². The van der Waals surface area contributed by atoms with Gasteiger partial charge < -0.3 is 4.42 Å². The summed E-state index contributed by atoms with van der Waals surface area (Å²) in [7, 11) is 0. The maximum absolute atomic E-state index is 5.68. The third kappa shape index (κ3) is 4.42. The Morgan fingerprint density at radius 1 is 0.958 bits per heavy atom. The fraction of sp³-hybridized carbons (Fsp3) is 0.200. The van der Waals surface area contributed by atoms with Crippen molar-refractivity contribution in [1.82, 2.24) is 10.2 Å². The van der Waals surface area contributed by atoms with Gasteiger partial charge in [0.25, 0.3) is 0 Å². The molecule has 3 nitrogen and oxygen atoms in total. The second kappa shape index (κ2) is 7.58. The highest BCUT2D eigenvalue weighted by Crippen LogP contribution is 2.17. The van der Waals surface area contributed by atoms with E-state index in [1.165, 1.54) is 5.56 Å². The molecule has 0 atom stereocenters. The fourth-order valence-corrected chi connectivity index (χ4v) is 2.61. The summed E-state index contributed by atoms with van der Waals surface area (Å²) in [6.07, 6.45) is 4.47.